The van der Waals surface area contributed by atoms with E-state index in [4.69, 9.17) is 9.47 Å². The van der Waals surface area contributed by atoms with E-state index in [1.165, 1.54) is 0 Å². The molecule has 0 fully saturated rings. The first kappa shape index (κ1) is 22.3. The normalized spacial score (nSPS) is 15.0. The first-order chi connectivity index (χ1) is 14.6. The van der Waals surface area contributed by atoms with Gasteiger partial charge >= 0.3 is 0 Å². The molecule has 0 spiro atoms. The van der Waals surface area contributed by atoms with E-state index in [2.05, 4.69) is 37.5 Å². The van der Waals surface area contributed by atoms with Gasteiger partial charge in [0.1, 0.15) is 24.7 Å². The molecule has 0 aromatic heterocycles. The van der Waals surface area contributed by atoms with Crippen molar-refractivity contribution in [3.8, 4) is 5.75 Å². The highest BCUT2D eigenvalue weighted by atomic mass is 16.5. The minimum Gasteiger partial charge on any atom is -0.492 e. The van der Waals surface area contributed by atoms with Gasteiger partial charge in [-0.05, 0) is 67.2 Å². The molecule has 2 aliphatic carbocycles. The molecule has 1 aromatic rings. The third kappa shape index (κ3) is 5.21. The SMILES string of the molecule is CCN(CC)CCOC1=CC(=O)C2=Cc3ccc(OCCN(CC)CC)cc3C2=C1. The average molecular weight is 411 g/mol. The summed E-state index contributed by atoms with van der Waals surface area (Å²) in [6, 6.07) is 6.05. The number of hydrogen-bond donors (Lipinski definition) is 0. The second kappa shape index (κ2) is 10.6. The molecular formula is C25H34N2O3. The molecule has 162 valence electrons. The second-order valence-electron chi connectivity index (χ2n) is 7.53. The van der Waals surface area contributed by atoms with E-state index >= 15 is 0 Å². The van der Waals surface area contributed by atoms with Crippen molar-refractivity contribution in [2.24, 2.45) is 0 Å². The molecule has 0 saturated heterocycles. The van der Waals surface area contributed by atoms with Crippen molar-refractivity contribution in [3.05, 3.63) is 52.8 Å². The number of ether oxygens (including phenoxy) is 2. The van der Waals surface area contributed by atoms with E-state index in [1.807, 2.05) is 30.4 Å². The second-order valence-corrected chi connectivity index (χ2v) is 7.53. The fourth-order valence-corrected chi connectivity index (χ4v) is 3.86. The topological polar surface area (TPSA) is 42.0 Å². The van der Waals surface area contributed by atoms with Crippen molar-refractivity contribution < 1.29 is 14.3 Å². The lowest BCUT2D eigenvalue weighted by Crippen LogP contribution is -2.27. The van der Waals surface area contributed by atoms with Crippen molar-refractivity contribution in [2.45, 2.75) is 27.7 Å². The molecule has 0 saturated carbocycles. The average Bonchev–Trinajstić information content (AvgIpc) is 3.13. The van der Waals surface area contributed by atoms with E-state index in [1.54, 1.807) is 6.08 Å². The third-order valence-electron chi connectivity index (χ3n) is 5.87. The van der Waals surface area contributed by atoms with Crippen LogP contribution in [0.1, 0.15) is 38.8 Å². The van der Waals surface area contributed by atoms with Gasteiger partial charge in [0.05, 0.1) is 0 Å². The standard InChI is InChI=1S/C25H34N2O3/c1-5-26(6-2)11-13-29-20-10-9-19-15-24-23(22(19)16-20)17-21(18-25(24)28)30-14-12-27(7-3)8-4/h9-10,15-18H,5-8,11-14H2,1-4H3. The Bertz CT molecular complexity index is 846. The molecule has 5 heteroatoms. The van der Waals surface area contributed by atoms with Crippen LogP contribution >= 0.6 is 0 Å². The summed E-state index contributed by atoms with van der Waals surface area (Å²) < 4.78 is 11.9. The Hall–Kier alpha value is -2.37. The van der Waals surface area contributed by atoms with Crippen LogP contribution in [0.15, 0.2) is 41.7 Å². The summed E-state index contributed by atoms with van der Waals surface area (Å²) in [7, 11) is 0. The lowest BCUT2D eigenvalue weighted by atomic mass is 9.95. The van der Waals surface area contributed by atoms with Gasteiger partial charge in [-0.1, -0.05) is 33.8 Å². The minimum atomic E-state index is 0.00513. The molecule has 3 rings (SSSR count). The molecule has 0 aliphatic heterocycles. The fraction of sp³-hybridized carbons (Fsp3) is 0.480. The van der Waals surface area contributed by atoms with E-state index in [-0.39, 0.29) is 5.78 Å². The van der Waals surface area contributed by atoms with E-state index in [0.29, 0.717) is 19.0 Å². The highest BCUT2D eigenvalue weighted by Crippen LogP contribution is 2.40. The summed E-state index contributed by atoms with van der Waals surface area (Å²) in [5.74, 6) is 1.48. The first-order valence-corrected chi connectivity index (χ1v) is 11.1. The Balaban J connectivity index is 1.68. The molecule has 0 amide bonds. The molecule has 0 N–H and O–H groups in total. The summed E-state index contributed by atoms with van der Waals surface area (Å²) in [4.78, 5) is 17.3. The third-order valence-corrected chi connectivity index (χ3v) is 5.87. The monoisotopic (exact) mass is 410 g/mol. The van der Waals surface area contributed by atoms with Crippen LogP contribution in [-0.2, 0) is 9.53 Å². The largest absolute Gasteiger partial charge is 0.492 e. The summed E-state index contributed by atoms with van der Waals surface area (Å²) >= 11 is 0. The van der Waals surface area contributed by atoms with Gasteiger partial charge in [0.25, 0.3) is 0 Å². The number of fused-ring (bicyclic) bond motifs is 3. The number of rotatable bonds is 12. The number of ketones is 1. The van der Waals surface area contributed by atoms with Gasteiger partial charge in [-0.3, -0.25) is 4.79 Å². The van der Waals surface area contributed by atoms with Gasteiger partial charge in [0.15, 0.2) is 5.78 Å². The fourth-order valence-electron chi connectivity index (χ4n) is 3.86. The molecule has 2 aliphatic rings. The molecule has 0 radical (unpaired) electrons. The first-order valence-electron chi connectivity index (χ1n) is 11.1. The zero-order valence-corrected chi connectivity index (χ0v) is 18.7. The van der Waals surface area contributed by atoms with E-state index in [9.17, 15) is 4.79 Å². The smallest absolute Gasteiger partial charge is 0.190 e. The van der Waals surface area contributed by atoms with Crippen LogP contribution in [0.5, 0.6) is 5.75 Å². The minimum absolute atomic E-state index is 0.00513. The van der Waals surface area contributed by atoms with Crippen molar-refractivity contribution in [1.29, 1.82) is 0 Å². The zero-order valence-electron chi connectivity index (χ0n) is 18.7. The lowest BCUT2D eigenvalue weighted by Gasteiger charge is -2.20. The summed E-state index contributed by atoms with van der Waals surface area (Å²) in [6.07, 6.45) is 5.55. The van der Waals surface area contributed by atoms with Gasteiger partial charge < -0.3 is 19.3 Å². The maximum Gasteiger partial charge on any atom is 0.190 e. The highest BCUT2D eigenvalue weighted by Gasteiger charge is 2.27. The predicted octanol–water partition coefficient (Wildman–Crippen LogP) is 4.01. The molecule has 0 heterocycles. The van der Waals surface area contributed by atoms with Crippen LogP contribution < -0.4 is 4.74 Å². The molecule has 0 unspecified atom stereocenters. The van der Waals surface area contributed by atoms with E-state index in [0.717, 1.165) is 67.3 Å². The number of hydrogen-bond acceptors (Lipinski definition) is 5. The van der Waals surface area contributed by atoms with Crippen molar-refractivity contribution in [2.75, 3.05) is 52.5 Å². The van der Waals surface area contributed by atoms with Crippen molar-refractivity contribution in [3.63, 3.8) is 0 Å². The molecular weight excluding hydrogens is 376 g/mol. The number of carbonyl (C=O) groups is 1. The van der Waals surface area contributed by atoms with Crippen molar-refractivity contribution >= 4 is 17.4 Å². The molecule has 0 atom stereocenters. The molecule has 0 bridgehead atoms. The maximum atomic E-state index is 12.6. The van der Waals surface area contributed by atoms with Crippen molar-refractivity contribution in [1.82, 2.24) is 9.80 Å². The van der Waals surface area contributed by atoms with Gasteiger partial charge in [0, 0.05) is 24.7 Å². The lowest BCUT2D eigenvalue weighted by molar-refractivity contribution is -0.111. The van der Waals surface area contributed by atoms with Gasteiger partial charge in [-0.15, -0.1) is 0 Å². The summed E-state index contributed by atoms with van der Waals surface area (Å²) in [5, 5.41) is 0. The molecule has 5 nitrogen and oxygen atoms in total. The van der Waals surface area contributed by atoms with Crippen LogP contribution in [-0.4, -0.2) is 68.1 Å². The van der Waals surface area contributed by atoms with Gasteiger partial charge in [-0.25, -0.2) is 0 Å². The molecule has 1 aromatic carbocycles. The zero-order chi connectivity index (χ0) is 21.5. The summed E-state index contributed by atoms with van der Waals surface area (Å²) in [6.45, 7) is 15.6. The van der Waals surface area contributed by atoms with Crippen LogP contribution in [0.2, 0.25) is 0 Å². The van der Waals surface area contributed by atoms with Gasteiger partial charge in [-0.2, -0.15) is 0 Å². The molecule has 30 heavy (non-hydrogen) atoms. The predicted molar refractivity (Wildman–Crippen MR) is 123 cm³/mol. The Morgan fingerprint density at radius 2 is 1.40 bits per heavy atom. The Morgan fingerprint density at radius 1 is 0.767 bits per heavy atom. The van der Waals surface area contributed by atoms with Gasteiger partial charge in [0.2, 0.25) is 0 Å². The van der Waals surface area contributed by atoms with Crippen LogP contribution in [0, 0.1) is 0 Å². The van der Waals surface area contributed by atoms with E-state index < -0.39 is 0 Å². The number of nitrogens with zero attached hydrogens (tertiary/aromatic N) is 2. The highest BCUT2D eigenvalue weighted by molar-refractivity contribution is 6.23. The quantitative estimate of drug-likeness (QED) is 0.521. The Kier molecular flexibility index (Phi) is 7.88. The van der Waals surface area contributed by atoms with Crippen LogP contribution in [0.4, 0.5) is 0 Å². The Morgan fingerprint density at radius 3 is 2.03 bits per heavy atom. The number of likely N-dealkylation sites (N-methyl/N-ethyl adjacent to an activating group) is 2. The summed E-state index contributed by atoms with van der Waals surface area (Å²) in [5.41, 5.74) is 3.76. The van der Waals surface area contributed by atoms with Crippen LogP contribution in [0.25, 0.3) is 11.6 Å². The Labute approximate surface area is 180 Å². The number of benzene rings is 1. The van der Waals surface area contributed by atoms with Crippen LogP contribution in [0.3, 0.4) is 0 Å². The maximum absolute atomic E-state index is 12.6. The number of carbonyl (C=O) groups excluding carboxylic acids is 1. The number of allylic oxidation sites excluding steroid dienone is 4.